The molecule has 2 aromatic rings. The van der Waals surface area contributed by atoms with Crippen molar-refractivity contribution in [3.05, 3.63) is 65.7 Å². The third-order valence-electron chi connectivity index (χ3n) is 3.85. The van der Waals surface area contributed by atoms with Crippen molar-refractivity contribution in [2.45, 2.75) is 25.4 Å². The van der Waals surface area contributed by atoms with E-state index in [0.29, 0.717) is 6.42 Å². The number of rotatable bonds is 6. The molecule has 2 N–H and O–H groups in total. The standard InChI is InChI=1S/C19H19F3N2O2/c1-2-16(13-6-4-3-5-7-13)18(26)23-12-17(25)24-15-10-8-14(9-11-15)19(20,21)22/h3-11,16H,2,12H2,1H3,(H,23,26)(H,24,25). The Morgan fingerprint density at radius 2 is 1.62 bits per heavy atom. The molecular weight excluding hydrogens is 345 g/mol. The van der Waals surface area contributed by atoms with Gasteiger partial charge in [-0.05, 0) is 36.2 Å². The molecule has 4 nitrogen and oxygen atoms in total. The minimum absolute atomic E-state index is 0.229. The predicted octanol–water partition coefficient (Wildman–Crippen LogP) is 3.95. The average molecular weight is 364 g/mol. The zero-order chi connectivity index (χ0) is 19.2. The van der Waals surface area contributed by atoms with Crippen molar-refractivity contribution in [2.75, 3.05) is 11.9 Å². The van der Waals surface area contributed by atoms with Crippen LogP contribution < -0.4 is 10.6 Å². The molecule has 0 saturated carbocycles. The third-order valence-corrected chi connectivity index (χ3v) is 3.85. The Labute approximate surface area is 149 Å². The van der Waals surface area contributed by atoms with Gasteiger partial charge in [-0.3, -0.25) is 9.59 Å². The van der Waals surface area contributed by atoms with Gasteiger partial charge in [0.05, 0.1) is 18.0 Å². The molecule has 0 fully saturated rings. The molecule has 0 aliphatic rings. The van der Waals surface area contributed by atoms with Crippen LogP contribution in [0, 0.1) is 0 Å². The lowest BCUT2D eigenvalue weighted by molar-refractivity contribution is -0.137. The highest BCUT2D eigenvalue weighted by molar-refractivity contribution is 5.95. The average Bonchev–Trinajstić information content (AvgIpc) is 2.61. The fraction of sp³-hybridized carbons (Fsp3) is 0.263. The van der Waals surface area contributed by atoms with Crippen molar-refractivity contribution in [2.24, 2.45) is 0 Å². The summed E-state index contributed by atoms with van der Waals surface area (Å²) < 4.78 is 37.5. The number of hydrogen-bond donors (Lipinski definition) is 2. The van der Waals surface area contributed by atoms with Crippen LogP contribution in [0.15, 0.2) is 54.6 Å². The predicted molar refractivity (Wildman–Crippen MR) is 92.6 cm³/mol. The van der Waals surface area contributed by atoms with Gasteiger partial charge in [-0.25, -0.2) is 0 Å². The maximum absolute atomic E-state index is 12.5. The number of halogens is 3. The first kappa shape index (κ1) is 19.5. The Kier molecular flexibility index (Phi) is 6.38. The van der Waals surface area contributed by atoms with Gasteiger partial charge in [0.15, 0.2) is 0 Å². The van der Waals surface area contributed by atoms with Crippen LogP contribution in [0.2, 0.25) is 0 Å². The van der Waals surface area contributed by atoms with Crippen LogP contribution in [0.1, 0.15) is 30.4 Å². The first-order chi connectivity index (χ1) is 12.3. The highest BCUT2D eigenvalue weighted by Crippen LogP contribution is 2.29. The summed E-state index contributed by atoms with van der Waals surface area (Å²) in [5.41, 5.74) is 0.292. The van der Waals surface area contributed by atoms with E-state index < -0.39 is 17.6 Å². The molecule has 0 radical (unpaired) electrons. The zero-order valence-corrected chi connectivity index (χ0v) is 14.1. The number of carbonyl (C=O) groups is 2. The van der Waals surface area contributed by atoms with Crippen LogP contribution in [0.4, 0.5) is 18.9 Å². The minimum Gasteiger partial charge on any atom is -0.346 e. The summed E-state index contributed by atoms with van der Waals surface area (Å²) in [6.45, 7) is 1.61. The topological polar surface area (TPSA) is 58.2 Å². The van der Waals surface area contributed by atoms with Gasteiger partial charge in [-0.15, -0.1) is 0 Å². The highest BCUT2D eigenvalue weighted by atomic mass is 19.4. The first-order valence-electron chi connectivity index (χ1n) is 8.11. The quantitative estimate of drug-likeness (QED) is 0.815. The fourth-order valence-electron chi connectivity index (χ4n) is 2.50. The first-order valence-corrected chi connectivity index (χ1v) is 8.11. The smallest absolute Gasteiger partial charge is 0.346 e. The summed E-state index contributed by atoms with van der Waals surface area (Å²) in [6, 6.07) is 13.3. The second-order valence-electron chi connectivity index (χ2n) is 5.71. The van der Waals surface area contributed by atoms with Crippen molar-refractivity contribution in [3.63, 3.8) is 0 Å². The maximum Gasteiger partial charge on any atom is 0.416 e. The van der Waals surface area contributed by atoms with Crippen LogP contribution in [-0.4, -0.2) is 18.4 Å². The minimum atomic E-state index is -4.43. The number of benzene rings is 2. The molecule has 2 amide bonds. The van der Waals surface area contributed by atoms with E-state index in [1.165, 1.54) is 12.1 Å². The van der Waals surface area contributed by atoms with E-state index in [4.69, 9.17) is 0 Å². The van der Waals surface area contributed by atoms with Crippen molar-refractivity contribution in [1.82, 2.24) is 5.32 Å². The van der Waals surface area contributed by atoms with Gasteiger partial charge < -0.3 is 10.6 Å². The van der Waals surface area contributed by atoms with Crippen LogP contribution in [0.3, 0.4) is 0 Å². The molecule has 1 atom stereocenters. The summed E-state index contributed by atoms with van der Waals surface area (Å²) in [7, 11) is 0. The molecule has 26 heavy (non-hydrogen) atoms. The van der Waals surface area contributed by atoms with Crippen molar-refractivity contribution >= 4 is 17.5 Å². The Bertz CT molecular complexity index is 744. The molecule has 1 unspecified atom stereocenters. The molecule has 0 spiro atoms. The second kappa shape index (κ2) is 8.51. The second-order valence-corrected chi connectivity index (χ2v) is 5.71. The van der Waals surface area contributed by atoms with E-state index in [2.05, 4.69) is 10.6 Å². The Morgan fingerprint density at radius 3 is 2.15 bits per heavy atom. The number of carbonyl (C=O) groups excluding carboxylic acids is 2. The molecule has 138 valence electrons. The monoisotopic (exact) mass is 364 g/mol. The normalized spacial score (nSPS) is 12.3. The summed E-state index contributed by atoms with van der Waals surface area (Å²) in [5, 5.41) is 5.01. The Hall–Kier alpha value is -2.83. The van der Waals surface area contributed by atoms with Crippen LogP contribution in [0.5, 0.6) is 0 Å². The number of amides is 2. The van der Waals surface area contributed by atoms with Gasteiger partial charge in [0.1, 0.15) is 0 Å². The zero-order valence-electron chi connectivity index (χ0n) is 14.1. The van der Waals surface area contributed by atoms with Gasteiger partial charge in [-0.2, -0.15) is 13.2 Å². The van der Waals surface area contributed by atoms with E-state index in [9.17, 15) is 22.8 Å². The lowest BCUT2D eigenvalue weighted by Crippen LogP contribution is -2.35. The van der Waals surface area contributed by atoms with Crippen LogP contribution >= 0.6 is 0 Å². The van der Waals surface area contributed by atoms with Crippen molar-refractivity contribution in [1.29, 1.82) is 0 Å². The molecule has 0 heterocycles. The Morgan fingerprint density at radius 1 is 1.00 bits per heavy atom. The molecule has 7 heteroatoms. The van der Waals surface area contributed by atoms with Crippen molar-refractivity contribution in [3.8, 4) is 0 Å². The molecule has 0 saturated heterocycles. The highest BCUT2D eigenvalue weighted by Gasteiger charge is 2.30. The van der Waals surface area contributed by atoms with Gasteiger partial charge in [0.2, 0.25) is 11.8 Å². The molecule has 0 aromatic heterocycles. The summed E-state index contributed by atoms with van der Waals surface area (Å²) in [4.78, 5) is 24.2. The van der Waals surface area contributed by atoms with Crippen molar-refractivity contribution < 1.29 is 22.8 Å². The van der Waals surface area contributed by atoms with Gasteiger partial charge in [-0.1, -0.05) is 37.3 Å². The lowest BCUT2D eigenvalue weighted by atomic mass is 9.96. The van der Waals surface area contributed by atoms with E-state index in [1.54, 1.807) is 0 Å². The molecule has 0 bridgehead atoms. The van der Waals surface area contributed by atoms with Gasteiger partial charge in [0, 0.05) is 5.69 Å². The van der Waals surface area contributed by atoms with Crippen LogP contribution in [-0.2, 0) is 15.8 Å². The van der Waals surface area contributed by atoms with Crippen LogP contribution in [0.25, 0.3) is 0 Å². The van der Waals surface area contributed by atoms with Gasteiger partial charge >= 0.3 is 6.18 Å². The number of hydrogen-bond acceptors (Lipinski definition) is 2. The van der Waals surface area contributed by atoms with E-state index in [0.717, 1.165) is 17.7 Å². The SMILES string of the molecule is CCC(C(=O)NCC(=O)Nc1ccc(C(F)(F)F)cc1)c1ccccc1. The van der Waals surface area contributed by atoms with E-state index in [-0.39, 0.29) is 24.1 Å². The Balaban J connectivity index is 1.89. The molecular formula is C19H19F3N2O2. The van der Waals surface area contributed by atoms with E-state index >= 15 is 0 Å². The van der Waals surface area contributed by atoms with E-state index in [1.807, 2.05) is 37.3 Å². The summed E-state index contributed by atoms with van der Waals surface area (Å²) in [5.74, 6) is -1.16. The molecule has 2 rings (SSSR count). The lowest BCUT2D eigenvalue weighted by Gasteiger charge is -2.15. The maximum atomic E-state index is 12.5. The van der Waals surface area contributed by atoms with Gasteiger partial charge in [0.25, 0.3) is 0 Å². The molecule has 0 aliphatic carbocycles. The molecule has 0 aliphatic heterocycles. The number of anilines is 1. The number of alkyl halides is 3. The molecule has 2 aromatic carbocycles. The fourth-order valence-corrected chi connectivity index (χ4v) is 2.50. The summed E-state index contributed by atoms with van der Waals surface area (Å²) >= 11 is 0. The summed E-state index contributed by atoms with van der Waals surface area (Å²) in [6.07, 6.45) is -3.85. The largest absolute Gasteiger partial charge is 0.416 e. The number of nitrogens with one attached hydrogen (secondary N) is 2. The third kappa shape index (κ3) is 5.34.